The number of rotatable bonds is 4. The Labute approximate surface area is 69.0 Å². The van der Waals surface area contributed by atoms with E-state index in [1.165, 1.54) is 6.92 Å². The Morgan fingerprint density at radius 2 is 1.83 bits per heavy atom. The summed E-state index contributed by atoms with van der Waals surface area (Å²) < 4.78 is 57.5. The highest BCUT2D eigenvalue weighted by Gasteiger charge is 2.26. The minimum Gasteiger partial charge on any atom is -0.215 e. The Morgan fingerprint density at radius 1 is 1.33 bits per heavy atom. The van der Waals surface area contributed by atoms with Gasteiger partial charge in [0.1, 0.15) is 0 Å². The van der Waals surface area contributed by atoms with Crippen LogP contribution in [0.1, 0.15) is 13.3 Å². The van der Waals surface area contributed by atoms with E-state index in [-0.39, 0.29) is 5.75 Å². The summed E-state index contributed by atoms with van der Waals surface area (Å²) in [6.45, 7) is 0.773. The second kappa shape index (κ2) is 4.08. The van der Waals surface area contributed by atoms with E-state index >= 15 is 0 Å². The van der Waals surface area contributed by atoms with Gasteiger partial charge in [0.05, 0.1) is 12.2 Å². The summed E-state index contributed by atoms with van der Waals surface area (Å²) in [7, 11) is -3.49. The Hall–Kier alpha value is -0.300. The number of halogens is 3. The zero-order chi connectivity index (χ0) is 9.83. The number of nitrogens with one attached hydrogen (secondary N) is 1. The minimum absolute atomic E-state index is 0.204. The molecule has 0 aromatic rings. The number of hydrogen-bond donors (Lipinski definition) is 1. The lowest BCUT2D eigenvalue weighted by molar-refractivity contribution is -0.132. The van der Waals surface area contributed by atoms with Crippen molar-refractivity contribution in [2.45, 2.75) is 19.5 Å². The second-order valence-corrected chi connectivity index (χ2v) is 4.26. The Morgan fingerprint density at radius 3 is 2.17 bits per heavy atom. The van der Waals surface area contributed by atoms with Gasteiger partial charge in [0.15, 0.2) is 0 Å². The summed E-state index contributed by atoms with van der Waals surface area (Å²) in [6.07, 6.45) is -5.44. The quantitative estimate of drug-likeness (QED) is 0.740. The molecule has 0 unspecified atom stereocenters. The number of alkyl halides is 3. The van der Waals surface area contributed by atoms with Gasteiger partial charge in [0.25, 0.3) is 0 Å². The standard InChI is InChI=1S/C5H10F3NO2S/c1-2-12(10,11)9-4-3-5(6,7)8/h9H,2-4H2,1H3. The van der Waals surface area contributed by atoms with E-state index in [9.17, 15) is 21.6 Å². The number of hydrogen-bond acceptors (Lipinski definition) is 2. The molecule has 0 fully saturated rings. The smallest absolute Gasteiger partial charge is 0.215 e. The lowest BCUT2D eigenvalue weighted by Crippen LogP contribution is -2.29. The molecular formula is C5H10F3NO2S. The molecule has 1 N–H and O–H groups in total. The molecule has 7 heteroatoms. The van der Waals surface area contributed by atoms with Gasteiger partial charge in [-0.2, -0.15) is 13.2 Å². The van der Waals surface area contributed by atoms with Crippen molar-refractivity contribution < 1.29 is 21.6 Å². The third-order valence-corrected chi connectivity index (χ3v) is 2.51. The summed E-state index contributed by atoms with van der Waals surface area (Å²) in [5, 5.41) is 0. The SMILES string of the molecule is CCS(=O)(=O)NCCC(F)(F)F. The van der Waals surface area contributed by atoms with Gasteiger partial charge in [-0.25, -0.2) is 13.1 Å². The predicted molar refractivity (Wildman–Crippen MR) is 38.1 cm³/mol. The molecule has 0 rings (SSSR count). The van der Waals surface area contributed by atoms with Crippen LogP contribution in [0, 0.1) is 0 Å². The molecule has 0 bridgehead atoms. The molecule has 0 aliphatic carbocycles. The van der Waals surface area contributed by atoms with Crippen LogP contribution in [0.25, 0.3) is 0 Å². The van der Waals surface area contributed by atoms with Gasteiger partial charge in [0, 0.05) is 6.54 Å². The van der Waals surface area contributed by atoms with Crippen molar-refractivity contribution in [2.75, 3.05) is 12.3 Å². The first kappa shape index (κ1) is 11.7. The Balaban J connectivity index is 3.73. The molecule has 0 spiro atoms. The third kappa shape index (κ3) is 6.41. The highest BCUT2D eigenvalue weighted by molar-refractivity contribution is 7.89. The topological polar surface area (TPSA) is 46.2 Å². The maximum absolute atomic E-state index is 11.5. The van der Waals surface area contributed by atoms with Crippen LogP contribution in [-0.4, -0.2) is 26.9 Å². The van der Waals surface area contributed by atoms with E-state index in [2.05, 4.69) is 0 Å². The van der Waals surface area contributed by atoms with Crippen molar-refractivity contribution in [1.82, 2.24) is 4.72 Å². The average Bonchev–Trinajstić information content (AvgIpc) is 1.84. The molecule has 0 aliphatic heterocycles. The maximum Gasteiger partial charge on any atom is 0.390 e. The van der Waals surface area contributed by atoms with Crippen molar-refractivity contribution in [1.29, 1.82) is 0 Å². The fourth-order valence-electron chi connectivity index (χ4n) is 0.450. The first-order valence-electron chi connectivity index (χ1n) is 3.31. The van der Waals surface area contributed by atoms with Crippen LogP contribution in [0.5, 0.6) is 0 Å². The van der Waals surface area contributed by atoms with Crippen molar-refractivity contribution in [3.63, 3.8) is 0 Å². The van der Waals surface area contributed by atoms with Crippen molar-refractivity contribution >= 4 is 10.0 Å². The van der Waals surface area contributed by atoms with E-state index in [1.807, 2.05) is 4.72 Å². The molecular weight excluding hydrogens is 195 g/mol. The average molecular weight is 205 g/mol. The monoisotopic (exact) mass is 205 g/mol. The van der Waals surface area contributed by atoms with Gasteiger partial charge in [-0.1, -0.05) is 0 Å². The first-order valence-corrected chi connectivity index (χ1v) is 4.96. The van der Waals surface area contributed by atoms with Gasteiger partial charge < -0.3 is 0 Å². The highest BCUT2D eigenvalue weighted by Crippen LogP contribution is 2.18. The van der Waals surface area contributed by atoms with Gasteiger partial charge in [-0.05, 0) is 6.92 Å². The van der Waals surface area contributed by atoms with Crippen LogP contribution < -0.4 is 4.72 Å². The molecule has 0 radical (unpaired) electrons. The van der Waals surface area contributed by atoms with E-state index in [1.54, 1.807) is 0 Å². The summed E-state index contributed by atoms with van der Waals surface area (Å²) in [5.41, 5.74) is 0. The van der Waals surface area contributed by atoms with E-state index in [0.29, 0.717) is 0 Å². The molecule has 0 aromatic heterocycles. The van der Waals surface area contributed by atoms with Crippen molar-refractivity contribution in [2.24, 2.45) is 0 Å². The fourth-order valence-corrected chi connectivity index (χ4v) is 1.07. The van der Waals surface area contributed by atoms with Crippen LogP contribution in [0.3, 0.4) is 0 Å². The second-order valence-electron chi connectivity index (χ2n) is 2.16. The zero-order valence-electron chi connectivity index (χ0n) is 6.48. The summed E-state index contributed by atoms with van der Waals surface area (Å²) in [4.78, 5) is 0. The predicted octanol–water partition coefficient (Wildman–Crippen LogP) is 0.878. The molecule has 12 heavy (non-hydrogen) atoms. The maximum atomic E-state index is 11.5. The van der Waals surface area contributed by atoms with E-state index < -0.39 is 29.2 Å². The zero-order valence-corrected chi connectivity index (χ0v) is 7.30. The Bertz CT molecular complexity index is 221. The van der Waals surface area contributed by atoms with Gasteiger partial charge in [-0.15, -0.1) is 0 Å². The van der Waals surface area contributed by atoms with Gasteiger partial charge in [0.2, 0.25) is 10.0 Å². The Kier molecular flexibility index (Phi) is 3.98. The summed E-state index contributed by atoms with van der Waals surface area (Å²) in [6, 6.07) is 0. The molecule has 74 valence electrons. The first-order chi connectivity index (χ1) is 5.27. The van der Waals surface area contributed by atoms with E-state index in [0.717, 1.165) is 0 Å². The molecule has 0 aliphatic rings. The normalized spacial score (nSPS) is 13.3. The third-order valence-electron chi connectivity index (χ3n) is 1.11. The molecule has 0 atom stereocenters. The molecule has 3 nitrogen and oxygen atoms in total. The minimum atomic E-state index is -4.31. The summed E-state index contributed by atoms with van der Waals surface area (Å²) in [5.74, 6) is -0.204. The largest absolute Gasteiger partial charge is 0.390 e. The van der Waals surface area contributed by atoms with Gasteiger partial charge in [-0.3, -0.25) is 0 Å². The number of sulfonamides is 1. The van der Waals surface area contributed by atoms with E-state index in [4.69, 9.17) is 0 Å². The van der Waals surface area contributed by atoms with Crippen LogP contribution in [0.15, 0.2) is 0 Å². The van der Waals surface area contributed by atoms with Gasteiger partial charge >= 0.3 is 6.18 Å². The van der Waals surface area contributed by atoms with Crippen LogP contribution in [0.4, 0.5) is 13.2 Å². The lowest BCUT2D eigenvalue weighted by atomic mass is 10.4. The van der Waals surface area contributed by atoms with Crippen LogP contribution >= 0.6 is 0 Å². The van der Waals surface area contributed by atoms with Crippen LogP contribution in [-0.2, 0) is 10.0 Å². The lowest BCUT2D eigenvalue weighted by Gasteiger charge is -2.06. The summed E-state index contributed by atoms with van der Waals surface area (Å²) >= 11 is 0. The fraction of sp³-hybridized carbons (Fsp3) is 1.00. The van der Waals surface area contributed by atoms with Crippen molar-refractivity contribution in [3.05, 3.63) is 0 Å². The molecule has 0 aromatic carbocycles. The highest BCUT2D eigenvalue weighted by atomic mass is 32.2. The molecule has 0 heterocycles. The molecule has 0 saturated heterocycles. The molecule has 0 amide bonds. The van der Waals surface area contributed by atoms with Crippen molar-refractivity contribution in [3.8, 4) is 0 Å². The van der Waals surface area contributed by atoms with Crippen LogP contribution in [0.2, 0.25) is 0 Å². The molecule has 0 saturated carbocycles.